The molecule has 1 rings (SSSR count). The fourth-order valence-electron chi connectivity index (χ4n) is 2.99. The van der Waals surface area contributed by atoms with Crippen LogP contribution in [0.3, 0.4) is 0 Å². The van der Waals surface area contributed by atoms with Crippen molar-refractivity contribution in [1.82, 2.24) is 10.2 Å². The van der Waals surface area contributed by atoms with Gasteiger partial charge >= 0.3 is 6.09 Å². The van der Waals surface area contributed by atoms with E-state index in [1.54, 1.807) is 0 Å². The molecule has 24 heavy (non-hydrogen) atoms. The van der Waals surface area contributed by atoms with Gasteiger partial charge in [-0.05, 0) is 66.0 Å². The minimum Gasteiger partial charge on any atom is -0.444 e. The molecule has 6 nitrogen and oxygen atoms in total. The van der Waals surface area contributed by atoms with Gasteiger partial charge < -0.3 is 15.0 Å². The number of nitrogens with zero attached hydrogens (tertiary/aromatic N) is 3. The van der Waals surface area contributed by atoms with E-state index in [4.69, 9.17) is 15.3 Å². The van der Waals surface area contributed by atoms with Crippen molar-refractivity contribution in [1.29, 1.82) is 10.5 Å². The summed E-state index contributed by atoms with van der Waals surface area (Å²) < 4.78 is 5.30. The minimum atomic E-state index is -0.483. The van der Waals surface area contributed by atoms with Crippen LogP contribution in [0.15, 0.2) is 0 Å². The maximum Gasteiger partial charge on any atom is 0.407 e. The predicted octanol–water partition coefficient (Wildman–Crippen LogP) is 3.06. The second kappa shape index (κ2) is 9.49. The molecule has 0 radical (unpaired) electrons. The van der Waals surface area contributed by atoms with E-state index in [0.717, 1.165) is 32.5 Å². The molecule has 0 unspecified atom stereocenters. The maximum atomic E-state index is 11.9. The lowest BCUT2D eigenvalue weighted by atomic mass is 9.90. The molecule has 1 aliphatic rings. The number of amides is 1. The average molecular weight is 334 g/mol. The van der Waals surface area contributed by atoms with Crippen LogP contribution < -0.4 is 5.32 Å². The van der Waals surface area contributed by atoms with E-state index in [9.17, 15) is 4.79 Å². The first kappa shape index (κ1) is 20.3. The van der Waals surface area contributed by atoms with Gasteiger partial charge in [0.2, 0.25) is 0 Å². The number of carbonyl (C=O) groups excluding carboxylic acids is 1. The van der Waals surface area contributed by atoms with Gasteiger partial charge in [0.15, 0.2) is 0 Å². The Morgan fingerprint density at radius 3 is 2.46 bits per heavy atom. The lowest BCUT2D eigenvalue weighted by Gasteiger charge is -2.36. The third-order valence-corrected chi connectivity index (χ3v) is 4.35. The molecule has 1 amide bonds. The van der Waals surface area contributed by atoms with Gasteiger partial charge in [0.05, 0.1) is 18.1 Å². The van der Waals surface area contributed by atoms with E-state index in [-0.39, 0.29) is 18.1 Å². The van der Waals surface area contributed by atoms with Crippen molar-refractivity contribution in [2.45, 2.75) is 65.0 Å². The average Bonchev–Trinajstić information content (AvgIpc) is 2.50. The summed E-state index contributed by atoms with van der Waals surface area (Å²) in [5, 5.41) is 20.7. The molecule has 1 saturated heterocycles. The highest BCUT2D eigenvalue weighted by atomic mass is 16.6. The smallest absolute Gasteiger partial charge is 0.407 e. The standard InChI is InChI=1S/C18H30N4O2/c1-14(21-17(23)24-18(2,3)4)16-7-10-22(11-8-16)13-15(12-20)6-5-9-19/h14-16H,5-8,10-11,13H2,1-4H3,(H,21,23)/t14-,15+/m1/s1. The van der Waals surface area contributed by atoms with Crippen LogP contribution in [0.5, 0.6) is 0 Å². The van der Waals surface area contributed by atoms with E-state index in [2.05, 4.69) is 22.4 Å². The topological polar surface area (TPSA) is 89.2 Å². The number of piperidine rings is 1. The summed E-state index contributed by atoms with van der Waals surface area (Å²) in [5.74, 6) is 0.354. The second-order valence-corrected chi connectivity index (χ2v) is 7.60. The molecule has 1 aliphatic heterocycles. The zero-order valence-electron chi connectivity index (χ0n) is 15.3. The van der Waals surface area contributed by atoms with Crippen LogP contribution in [-0.4, -0.2) is 42.3 Å². The summed E-state index contributed by atoms with van der Waals surface area (Å²) in [4.78, 5) is 14.1. The van der Waals surface area contributed by atoms with Gasteiger partial charge in [-0.1, -0.05) is 0 Å². The van der Waals surface area contributed by atoms with Crippen LogP contribution in [0.1, 0.15) is 53.4 Å². The number of hydrogen-bond donors (Lipinski definition) is 1. The first-order chi connectivity index (χ1) is 11.2. The van der Waals surface area contributed by atoms with E-state index < -0.39 is 5.60 Å². The van der Waals surface area contributed by atoms with Gasteiger partial charge in [-0.15, -0.1) is 0 Å². The third kappa shape index (κ3) is 7.66. The number of nitriles is 2. The van der Waals surface area contributed by atoms with Gasteiger partial charge in [-0.2, -0.15) is 10.5 Å². The summed E-state index contributed by atoms with van der Waals surface area (Å²) in [6.07, 6.45) is 2.70. The lowest BCUT2D eigenvalue weighted by Crippen LogP contribution is -2.46. The molecule has 0 saturated carbocycles. The zero-order chi connectivity index (χ0) is 18.2. The number of nitrogens with one attached hydrogen (secondary N) is 1. The first-order valence-corrected chi connectivity index (χ1v) is 8.73. The van der Waals surface area contributed by atoms with Gasteiger partial charge in [0.1, 0.15) is 5.60 Å². The third-order valence-electron chi connectivity index (χ3n) is 4.35. The van der Waals surface area contributed by atoms with Crippen LogP contribution in [0.2, 0.25) is 0 Å². The van der Waals surface area contributed by atoms with Crippen LogP contribution >= 0.6 is 0 Å². The van der Waals surface area contributed by atoms with Crippen molar-refractivity contribution in [2.75, 3.05) is 19.6 Å². The summed E-state index contributed by atoms with van der Waals surface area (Å²) in [5.41, 5.74) is -0.483. The fraction of sp³-hybridized carbons (Fsp3) is 0.833. The van der Waals surface area contributed by atoms with Crippen molar-refractivity contribution in [3.8, 4) is 12.1 Å². The number of ether oxygens (including phenoxy) is 1. The number of rotatable bonds is 6. The van der Waals surface area contributed by atoms with Crippen molar-refractivity contribution in [3.63, 3.8) is 0 Å². The van der Waals surface area contributed by atoms with Crippen molar-refractivity contribution in [3.05, 3.63) is 0 Å². The normalized spacial score (nSPS) is 18.9. The van der Waals surface area contributed by atoms with Crippen LogP contribution in [-0.2, 0) is 4.74 Å². The highest BCUT2D eigenvalue weighted by molar-refractivity contribution is 5.68. The monoisotopic (exact) mass is 334 g/mol. The Morgan fingerprint density at radius 1 is 1.33 bits per heavy atom. The van der Waals surface area contributed by atoms with Crippen LogP contribution in [0, 0.1) is 34.5 Å². The summed E-state index contributed by atoms with van der Waals surface area (Å²) in [6, 6.07) is 4.48. The number of alkyl carbamates (subject to hydrolysis) is 1. The molecule has 0 aromatic rings. The highest BCUT2D eigenvalue weighted by Crippen LogP contribution is 2.22. The molecular formula is C18H30N4O2. The van der Waals surface area contributed by atoms with Crippen molar-refractivity contribution in [2.24, 2.45) is 11.8 Å². The first-order valence-electron chi connectivity index (χ1n) is 8.73. The van der Waals surface area contributed by atoms with Crippen molar-refractivity contribution < 1.29 is 9.53 Å². The Balaban J connectivity index is 2.35. The fourth-order valence-corrected chi connectivity index (χ4v) is 2.99. The predicted molar refractivity (Wildman–Crippen MR) is 91.9 cm³/mol. The van der Waals surface area contributed by atoms with Crippen LogP contribution in [0.25, 0.3) is 0 Å². The highest BCUT2D eigenvalue weighted by Gasteiger charge is 2.27. The molecule has 6 heteroatoms. The van der Waals surface area contributed by atoms with Gasteiger partial charge in [-0.25, -0.2) is 4.79 Å². The summed E-state index contributed by atoms with van der Waals surface area (Å²) in [6.45, 7) is 10.2. The Labute approximate surface area is 145 Å². The van der Waals surface area contributed by atoms with E-state index in [1.807, 2.05) is 27.7 Å². The van der Waals surface area contributed by atoms with E-state index in [1.165, 1.54) is 0 Å². The molecule has 1 N–H and O–H groups in total. The van der Waals surface area contributed by atoms with E-state index >= 15 is 0 Å². The maximum absolute atomic E-state index is 11.9. The lowest BCUT2D eigenvalue weighted by molar-refractivity contribution is 0.0472. The Bertz CT molecular complexity index is 479. The Morgan fingerprint density at radius 2 is 1.96 bits per heavy atom. The molecule has 0 aromatic carbocycles. The zero-order valence-corrected chi connectivity index (χ0v) is 15.3. The molecule has 2 atom stereocenters. The number of likely N-dealkylation sites (tertiary alicyclic amines) is 1. The molecule has 134 valence electrons. The SMILES string of the molecule is C[C@@H](NC(=O)OC(C)(C)C)C1CCN(C[C@H](C#N)CCC#N)CC1. The molecule has 0 bridgehead atoms. The van der Waals surface area contributed by atoms with E-state index in [0.29, 0.717) is 18.8 Å². The molecular weight excluding hydrogens is 304 g/mol. The van der Waals surface area contributed by atoms with Gasteiger partial charge in [0.25, 0.3) is 0 Å². The van der Waals surface area contributed by atoms with Crippen LogP contribution in [0.4, 0.5) is 4.79 Å². The molecule has 1 heterocycles. The molecule has 0 aromatic heterocycles. The molecule has 0 spiro atoms. The minimum absolute atomic E-state index is 0.0708. The quantitative estimate of drug-likeness (QED) is 0.806. The summed E-state index contributed by atoms with van der Waals surface area (Å²) in [7, 11) is 0. The number of carbonyl (C=O) groups is 1. The number of hydrogen-bond acceptors (Lipinski definition) is 5. The van der Waals surface area contributed by atoms with Gasteiger partial charge in [-0.3, -0.25) is 0 Å². The van der Waals surface area contributed by atoms with Crippen molar-refractivity contribution >= 4 is 6.09 Å². The van der Waals surface area contributed by atoms with Gasteiger partial charge in [0, 0.05) is 19.0 Å². The largest absolute Gasteiger partial charge is 0.444 e. The summed E-state index contributed by atoms with van der Waals surface area (Å²) >= 11 is 0. The Kier molecular flexibility index (Phi) is 8.01. The molecule has 0 aliphatic carbocycles. The second-order valence-electron chi connectivity index (χ2n) is 7.60. The molecule has 1 fully saturated rings. The Hall–Kier alpha value is -1.79.